The maximum Gasteiger partial charge on any atom is 0.313 e. The number of esters is 1. The van der Waals surface area contributed by atoms with Crippen LogP contribution in [0.5, 0.6) is 0 Å². The molecule has 3 aromatic rings. The van der Waals surface area contributed by atoms with Gasteiger partial charge in [-0.05, 0) is 66.9 Å². The fourth-order valence-corrected chi connectivity index (χ4v) is 6.23. The van der Waals surface area contributed by atoms with Crippen LogP contribution in [0.25, 0.3) is 16.2 Å². The van der Waals surface area contributed by atoms with Crippen molar-refractivity contribution in [1.29, 1.82) is 0 Å². The third-order valence-electron chi connectivity index (χ3n) is 5.27. The van der Waals surface area contributed by atoms with Crippen molar-refractivity contribution in [3.05, 3.63) is 80.3 Å². The van der Waals surface area contributed by atoms with E-state index in [1.54, 1.807) is 50.4 Å². The second-order valence-electron chi connectivity index (χ2n) is 9.27. The molecule has 2 unspecified atom stereocenters. The molecule has 37 heavy (non-hydrogen) atoms. The average Bonchev–Trinajstić information content (AvgIpc) is 3.20. The summed E-state index contributed by atoms with van der Waals surface area (Å²) in [5, 5.41) is 16.4. The summed E-state index contributed by atoms with van der Waals surface area (Å²) in [5.41, 5.74) is -1.18. The number of non-ortho nitro benzene ring substituents is 1. The molecule has 0 saturated carbocycles. The number of benzene rings is 2. The molecule has 1 aromatic heterocycles. The number of nitrogens with zero attached hydrogens (tertiary/aromatic N) is 1. The van der Waals surface area contributed by atoms with Crippen LogP contribution < -0.4 is 5.32 Å². The average molecular weight is 565 g/mol. The van der Waals surface area contributed by atoms with E-state index in [4.69, 9.17) is 20.9 Å². The summed E-state index contributed by atoms with van der Waals surface area (Å²) < 4.78 is 25.2. The Balaban J connectivity index is 1.89. The van der Waals surface area contributed by atoms with Crippen molar-refractivity contribution >= 4 is 64.0 Å². The van der Waals surface area contributed by atoms with Gasteiger partial charge in [-0.25, -0.2) is 0 Å². The number of ether oxygens (including phenoxy) is 1. The van der Waals surface area contributed by atoms with Gasteiger partial charge in [0.25, 0.3) is 5.69 Å². The fourth-order valence-electron chi connectivity index (χ4n) is 3.36. The van der Waals surface area contributed by atoms with Gasteiger partial charge in [0.05, 0.1) is 10.3 Å². The normalized spacial score (nSPS) is 14.3. The molecule has 12 heteroatoms. The number of nitrogens with one attached hydrogen (secondary N) is 1. The summed E-state index contributed by atoms with van der Waals surface area (Å²) in [6.45, 7) is 5.74. The van der Waals surface area contributed by atoms with Gasteiger partial charge in [0.15, 0.2) is 6.79 Å². The van der Waals surface area contributed by atoms with Gasteiger partial charge in [-0.3, -0.25) is 28.8 Å². The molecule has 0 aliphatic carbocycles. The topological polar surface area (TPSA) is 125 Å². The van der Waals surface area contributed by atoms with Crippen molar-refractivity contribution in [1.82, 2.24) is 5.32 Å². The predicted octanol–water partition coefficient (Wildman–Crippen LogP) is 6.76. The summed E-state index contributed by atoms with van der Waals surface area (Å²) in [5.74, 6) is -1.17. The number of halogens is 1. The first-order valence-electron chi connectivity index (χ1n) is 11.1. The second kappa shape index (κ2) is 11.6. The van der Waals surface area contributed by atoms with E-state index in [2.05, 4.69) is 5.32 Å². The van der Waals surface area contributed by atoms with Crippen LogP contribution in [0.15, 0.2) is 54.0 Å². The highest BCUT2D eigenvalue weighted by Gasteiger charge is 2.39. The number of carbonyl (C=O) groups is 2. The van der Waals surface area contributed by atoms with Crippen molar-refractivity contribution in [3.63, 3.8) is 0 Å². The van der Waals surface area contributed by atoms with Gasteiger partial charge in [0, 0.05) is 34.7 Å². The molecular weight excluding hydrogens is 539 g/mol. The lowest BCUT2D eigenvalue weighted by molar-refractivity contribution is -0.384. The third kappa shape index (κ3) is 7.26. The Kier molecular flexibility index (Phi) is 8.92. The van der Waals surface area contributed by atoms with E-state index in [1.165, 1.54) is 48.5 Å². The Bertz CT molecular complexity index is 1410. The molecule has 0 bridgehead atoms. The lowest BCUT2D eigenvalue weighted by Gasteiger charge is -2.24. The molecule has 9 nitrogen and oxygen atoms in total. The third-order valence-corrected chi connectivity index (χ3v) is 8.56. The number of nitro benzene ring substituents is 1. The zero-order chi connectivity index (χ0) is 27.4. The van der Waals surface area contributed by atoms with E-state index in [1.807, 2.05) is 0 Å². The summed E-state index contributed by atoms with van der Waals surface area (Å²) in [7, 11) is -3.76. The van der Waals surface area contributed by atoms with Gasteiger partial charge in [0.2, 0.25) is 13.3 Å². The summed E-state index contributed by atoms with van der Waals surface area (Å²) >= 11 is 7.54. The van der Waals surface area contributed by atoms with E-state index in [0.29, 0.717) is 21.5 Å². The number of rotatable bonds is 9. The maximum absolute atomic E-state index is 13.8. The summed E-state index contributed by atoms with van der Waals surface area (Å²) in [6.07, 6.45) is 2.80. The highest BCUT2D eigenvalue weighted by atomic mass is 35.5. The number of fused-ring (bicyclic) bond motifs is 1. The van der Waals surface area contributed by atoms with Crippen LogP contribution in [0.3, 0.4) is 0 Å². The quantitative estimate of drug-likeness (QED) is 0.1000. The first-order chi connectivity index (χ1) is 17.3. The van der Waals surface area contributed by atoms with Crippen molar-refractivity contribution in [2.75, 3.05) is 13.5 Å². The van der Waals surface area contributed by atoms with E-state index in [9.17, 15) is 24.3 Å². The second-order valence-corrected chi connectivity index (χ2v) is 13.2. The standard InChI is InChI=1S/C25H26ClN2O7PS/c1-25(2,3)24(30)34-15-35-36(4,33)22(20-14-37-21-9-8-17(26)13-19(20)21)23(29)27-11-10-16-6-5-7-18(12-16)28(31)32/h5-14,22H,15H2,1-4H3,(H,27,29)/b11-10+. The number of amides is 1. The molecule has 0 fully saturated rings. The Labute approximate surface area is 223 Å². The molecule has 0 spiro atoms. The van der Waals surface area contributed by atoms with Crippen molar-refractivity contribution in [3.8, 4) is 0 Å². The minimum Gasteiger partial charge on any atom is -0.438 e. The Morgan fingerprint density at radius 1 is 1.24 bits per heavy atom. The summed E-state index contributed by atoms with van der Waals surface area (Å²) in [4.78, 5) is 36.0. The first-order valence-corrected chi connectivity index (χ1v) is 14.5. The van der Waals surface area contributed by atoms with Crippen LogP contribution in [-0.4, -0.2) is 30.3 Å². The summed E-state index contributed by atoms with van der Waals surface area (Å²) in [6, 6.07) is 11.1. The molecule has 1 N–H and O–H groups in total. The number of nitro groups is 1. The monoisotopic (exact) mass is 564 g/mol. The van der Waals surface area contributed by atoms with Gasteiger partial charge >= 0.3 is 5.97 Å². The van der Waals surface area contributed by atoms with Crippen molar-refractivity contribution in [2.45, 2.75) is 26.4 Å². The van der Waals surface area contributed by atoms with E-state index < -0.39 is 42.0 Å². The zero-order valence-electron chi connectivity index (χ0n) is 20.6. The van der Waals surface area contributed by atoms with Crippen LogP contribution in [0, 0.1) is 15.5 Å². The number of hydrogen-bond acceptors (Lipinski definition) is 8. The number of thiophene rings is 1. The van der Waals surface area contributed by atoms with Gasteiger partial charge < -0.3 is 10.1 Å². The van der Waals surface area contributed by atoms with Gasteiger partial charge in [-0.1, -0.05) is 23.7 Å². The molecule has 1 heterocycles. The minimum atomic E-state index is -3.76. The molecule has 0 radical (unpaired) electrons. The molecular formula is C25H26ClN2O7PS. The number of carbonyl (C=O) groups excluding carboxylic acids is 2. The largest absolute Gasteiger partial charge is 0.438 e. The van der Waals surface area contributed by atoms with E-state index >= 15 is 0 Å². The smallest absolute Gasteiger partial charge is 0.313 e. The van der Waals surface area contributed by atoms with Gasteiger partial charge in [0.1, 0.15) is 5.66 Å². The molecule has 1 amide bonds. The SMILES string of the molecule is CC(C)(C)C(=O)OCOP(C)(=O)C(C(=O)N/C=C/c1cccc([N+](=O)[O-])c1)c1csc2ccc(Cl)cc12. The van der Waals surface area contributed by atoms with Gasteiger partial charge in [-0.15, -0.1) is 11.3 Å². The van der Waals surface area contributed by atoms with E-state index in [0.717, 1.165) is 4.70 Å². The Hall–Kier alpha value is -3.04. The van der Waals surface area contributed by atoms with Crippen LogP contribution in [0.1, 0.15) is 37.6 Å². The minimum absolute atomic E-state index is 0.0933. The van der Waals surface area contributed by atoms with Crippen LogP contribution in [-0.2, 0) is 23.4 Å². The molecule has 0 saturated heterocycles. The lowest BCUT2D eigenvalue weighted by atomic mass is 9.98. The molecule has 2 atom stereocenters. The maximum atomic E-state index is 13.8. The molecule has 3 rings (SSSR count). The van der Waals surface area contributed by atoms with Crippen molar-refractivity contribution in [2.24, 2.45) is 5.41 Å². The first kappa shape index (κ1) is 28.5. The van der Waals surface area contributed by atoms with Crippen LogP contribution in [0.2, 0.25) is 5.02 Å². The van der Waals surface area contributed by atoms with Crippen molar-refractivity contribution < 1.29 is 28.3 Å². The number of hydrogen-bond donors (Lipinski definition) is 1. The molecule has 196 valence electrons. The highest BCUT2D eigenvalue weighted by Crippen LogP contribution is 2.59. The van der Waals surface area contributed by atoms with Crippen LogP contribution in [0.4, 0.5) is 5.69 Å². The van der Waals surface area contributed by atoms with E-state index in [-0.39, 0.29) is 5.69 Å². The zero-order valence-corrected chi connectivity index (χ0v) is 23.1. The molecule has 0 aliphatic rings. The fraction of sp³-hybridized carbons (Fsp3) is 0.280. The van der Waals surface area contributed by atoms with Crippen LogP contribution >= 0.6 is 30.3 Å². The highest BCUT2D eigenvalue weighted by molar-refractivity contribution is 7.59. The van der Waals surface area contributed by atoms with Gasteiger partial charge in [-0.2, -0.15) is 0 Å². The lowest BCUT2D eigenvalue weighted by Crippen LogP contribution is -2.27. The Morgan fingerprint density at radius 3 is 2.65 bits per heavy atom. The molecule has 0 aliphatic heterocycles. The Morgan fingerprint density at radius 2 is 1.97 bits per heavy atom. The molecule has 2 aromatic carbocycles. The predicted molar refractivity (Wildman–Crippen MR) is 145 cm³/mol.